The zero-order valence-electron chi connectivity index (χ0n) is 11.3. The molecule has 0 aliphatic heterocycles. The highest BCUT2D eigenvalue weighted by atomic mass is 35.5. The summed E-state index contributed by atoms with van der Waals surface area (Å²) in [5.74, 6) is 5.08. The average Bonchev–Trinajstić information content (AvgIpc) is 2.41. The Hall–Kier alpha value is -1.83. The van der Waals surface area contributed by atoms with E-state index in [9.17, 15) is 9.59 Å². The molecular formula is C12H17ClN4O3. The van der Waals surface area contributed by atoms with Gasteiger partial charge in [0.1, 0.15) is 6.61 Å². The summed E-state index contributed by atoms with van der Waals surface area (Å²) in [4.78, 5) is 27.7. The van der Waals surface area contributed by atoms with Crippen molar-refractivity contribution in [1.29, 1.82) is 0 Å². The summed E-state index contributed by atoms with van der Waals surface area (Å²) < 4.78 is 0. The highest BCUT2D eigenvalue weighted by molar-refractivity contribution is 6.31. The van der Waals surface area contributed by atoms with E-state index >= 15 is 0 Å². The molecule has 4 N–H and O–H groups in total. The van der Waals surface area contributed by atoms with E-state index in [2.05, 4.69) is 10.8 Å². The Morgan fingerprint density at radius 3 is 2.75 bits per heavy atom. The second-order valence-corrected chi connectivity index (χ2v) is 4.38. The number of carbonyl (C=O) groups excluding carboxylic acids is 2. The predicted octanol–water partition coefficient (Wildman–Crippen LogP) is 1.64. The fourth-order valence-electron chi connectivity index (χ4n) is 1.29. The van der Waals surface area contributed by atoms with Gasteiger partial charge in [-0.15, -0.1) is 0 Å². The number of nitrogens with one attached hydrogen (secondary N) is 2. The minimum atomic E-state index is -0.494. The second kappa shape index (κ2) is 7.68. The number of hydrazine groups is 1. The third kappa shape index (κ3) is 4.69. The Balaban J connectivity index is 2.78. The molecule has 0 aliphatic carbocycles. The Morgan fingerprint density at radius 1 is 1.45 bits per heavy atom. The topological polar surface area (TPSA) is 96.7 Å². The number of hydrogen-bond acceptors (Lipinski definition) is 4. The molecule has 0 saturated heterocycles. The van der Waals surface area contributed by atoms with Crippen LogP contribution in [0.2, 0.25) is 5.02 Å². The highest BCUT2D eigenvalue weighted by Crippen LogP contribution is 2.25. The lowest BCUT2D eigenvalue weighted by Gasteiger charge is -2.15. The van der Waals surface area contributed by atoms with Gasteiger partial charge in [0.15, 0.2) is 0 Å². The lowest BCUT2D eigenvalue weighted by molar-refractivity contribution is -0.134. The van der Waals surface area contributed by atoms with Crippen molar-refractivity contribution in [3.63, 3.8) is 0 Å². The van der Waals surface area contributed by atoms with Gasteiger partial charge in [-0.05, 0) is 12.1 Å². The lowest BCUT2D eigenvalue weighted by atomic mass is 10.2. The summed E-state index contributed by atoms with van der Waals surface area (Å²) in [6, 6.07) is 4.51. The van der Waals surface area contributed by atoms with Crippen LogP contribution in [0.25, 0.3) is 0 Å². The maximum absolute atomic E-state index is 11.5. The van der Waals surface area contributed by atoms with Gasteiger partial charge in [-0.2, -0.15) is 0 Å². The first kappa shape index (κ1) is 16.2. The second-order valence-electron chi connectivity index (χ2n) is 3.97. The molecule has 1 rings (SSSR count). The largest absolute Gasteiger partial charge is 0.335 e. The molecule has 0 atom stereocenters. The van der Waals surface area contributed by atoms with E-state index < -0.39 is 6.03 Å². The standard InChI is InChI=1S/C12H17ClN4O3/c1-3-11(18)16-20-7-8-9(13)5-4-6-10(8)15-12(19)17(2)14/h4-6H,3,7,14H2,1-2H3,(H,15,19)(H,16,18). The van der Waals surface area contributed by atoms with Gasteiger partial charge in [0.05, 0.1) is 0 Å². The predicted molar refractivity (Wildman–Crippen MR) is 75.6 cm³/mol. The third-order valence-corrected chi connectivity index (χ3v) is 2.76. The molecule has 0 bridgehead atoms. The molecule has 110 valence electrons. The smallest absolute Gasteiger partial charge is 0.306 e. The summed E-state index contributed by atoms with van der Waals surface area (Å²) >= 11 is 6.05. The van der Waals surface area contributed by atoms with Gasteiger partial charge < -0.3 is 5.32 Å². The summed E-state index contributed by atoms with van der Waals surface area (Å²) in [6.07, 6.45) is 0.310. The van der Waals surface area contributed by atoms with E-state index in [4.69, 9.17) is 22.3 Å². The minimum absolute atomic E-state index is 0.0231. The molecule has 0 spiro atoms. The van der Waals surface area contributed by atoms with E-state index in [0.29, 0.717) is 22.7 Å². The van der Waals surface area contributed by atoms with Crippen LogP contribution in [0.1, 0.15) is 18.9 Å². The molecule has 3 amide bonds. The normalized spacial score (nSPS) is 10.0. The van der Waals surface area contributed by atoms with Crippen molar-refractivity contribution in [2.45, 2.75) is 20.0 Å². The maximum atomic E-state index is 11.5. The molecule has 0 fully saturated rings. The lowest BCUT2D eigenvalue weighted by Crippen LogP contribution is -2.37. The SMILES string of the molecule is CCC(=O)NOCc1c(Cl)cccc1NC(=O)N(C)N. The molecular weight excluding hydrogens is 284 g/mol. The molecule has 8 heteroatoms. The number of nitrogens with two attached hydrogens (primary N) is 1. The van der Waals surface area contributed by atoms with E-state index in [0.717, 1.165) is 5.01 Å². The average molecular weight is 301 g/mol. The summed E-state index contributed by atoms with van der Waals surface area (Å²) in [5, 5.41) is 3.91. The van der Waals surface area contributed by atoms with E-state index in [1.807, 2.05) is 0 Å². The molecule has 1 aromatic rings. The van der Waals surface area contributed by atoms with Crippen molar-refractivity contribution in [3.05, 3.63) is 28.8 Å². The van der Waals surface area contributed by atoms with Crippen molar-refractivity contribution in [1.82, 2.24) is 10.5 Å². The van der Waals surface area contributed by atoms with Gasteiger partial charge in [-0.25, -0.2) is 16.1 Å². The van der Waals surface area contributed by atoms with E-state index in [1.54, 1.807) is 25.1 Å². The van der Waals surface area contributed by atoms with E-state index in [-0.39, 0.29) is 12.5 Å². The summed E-state index contributed by atoms with van der Waals surface area (Å²) in [6.45, 7) is 1.73. The highest BCUT2D eigenvalue weighted by Gasteiger charge is 2.12. The summed E-state index contributed by atoms with van der Waals surface area (Å²) in [5.41, 5.74) is 3.27. The Labute approximate surface area is 121 Å². The fourth-order valence-corrected chi connectivity index (χ4v) is 1.52. The Morgan fingerprint density at radius 2 is 2.15 bits per heavy atom. The minimum Gasteiger partial charge on any atom is -0.306 e. The van der Waals surface area contributed by atoms with Gasteiger partial charge in [-0.3, -0.25) is 14.6 Å². The van der Waals surface area contributed by atoms with Crippen LogP contribution in [-0.4, -0.2) is 24.0 Å². The van der Waals surface area contributed by atoms with Crippen molar-refractivity contribution in [2.24, 2.45) is 5.84 Å². The molecule has 7 nitrogen and oxygen atoms in total. The van der Waals surface area contributed by atoms with Crippen LogP contribution in [0.3, 0.4) is 0 Å². The van der Waals surface area contributed by atoms with Gasteiger partial charge in [0.25, 0.3) is 0 Å². The number of halogens is 1. The molecule has 20 heavy (non-hydrogen) atoms. The number of hydroxylamine groups is 1. The van der Waals surface area contributed by atoms with Crippen molar-refractivity contribution in [3.8, 4) is 0 Å². The van der Waals surface area contributed by atoms with Crippen LogP contribution < -0.4 is 16.6 Å². The maximum Gasteiger partial charge on any atom is 0.335 e. The zero-order chi connectivity index (χ0) is 15.1. The number of benzene rings is 1. The number of hydrogen-bond donors (Lipinski definition) is 3. The molecule has 0 heterocycles. The molecule has 1 aromatic carbocycles. The molecule has 0 unspecified atom stereocenters. The van der Waals surface area contributed by atoms with E-state index in [1.165, 1.54) is 7.05 Å². The molecule has 0 saturated carbocycles. The van der Waals surface area contributed by atoms with Gasteiger partial charge >= 0.3 is 6.03 Å². The fraction of sp³-hybridized carbons (Fsp3) is 0.333. The number of nitrogens with zero attached hydrogens (tertiary/aromatic N) is 1. The Bertz CT molecular complexity index is 494. The van der Waals surface area contributed by atoms with Crippen LogP contribution in [0.15, 0.2) is 18.2 Å². The quantitative estimate of drug-likeness (QED) is 0.437. The molecule has 0 radical (unpaired) electrons. The van der Waals surface area contributed by atoms with Gasteiger partial charge in [-0.1, -0.05) is 24.6 Å². The monoisotopic (exact) mass is 300 g/mol. The van der Waals surface area contributed by atoms with Crippen LogP contribution in [0, 0.1) is 0 Å². The first-order valence-electron chi connectivity index (χ1n) is 5.93. The molecule has 0 aromatic heterocycles. The number of rotatable bonds is 5. The number of anilines is 1. The number of urea groups is 1. The number of amides is 3. The van der Waals surface area contributed by atoms with Crippen LogP contribution >= 0.6 is 11.6 Å². The first-order valence-corrected chi connectivity index (χ1v) is 6.31. The van der Waals surface area contributed by atoms with Crippen molar-refractivity contribution >= 4 is 29.2 Å². The first-order chi connectivity index (χ1) is 9.45. The van der Waals surface area contributed by atoms with Crippen molar-refractivity contribution in [2.75, 3.05) is 12.4 Å². The third-order valence-electron chi connectivity index (χ3n) is 2.40. The van der Waals surface area contributed by atoms with Crippen LogP contribution in [-0.2, 0) is 16.2 Å². The Kier molecular flexibility index (Phi) is 6.23. The van der Waals surface area contributed by atoms with Crippen LogP contribution in [0.5, 0.6) is 0 Å². The van der Waals surface area contributed by atoms with Crippen molar-refractivity contribution < 1.29 is 14.4 Å². The zero-order valence-corrected chi connectivity index (χ0v) is 12.0. The van der Waals surface area contributed by atoms with Crippen LogP contribution in [0.4, 0.5) is 10.5 Å². The van der Waals surface area contributed by atoms with Gasteiger partial charge in [0.2, 0.25) is 5.91 Å². The number of carbonyl (C=O) groups is 2. The summed E-state index contributed by atoms with van der Waals surface area (Å²) in [7, 11) is 1.41. The molecule has 0 aliphatic rings. The van der Waals surface area contributed by atoms with Gasteiger partial charge in [0, 0.05) is 29.7 Å².